The van der Waals surface area contributed by atoms with Crippen molar-refractivity contribution in [3.63, 3.8) is 0 Å². The first-order valence-electron chi connectivity index (χ1n) is 4.14. The van der Waals surface area contributed by atoms with E-state index in [4.69, 9.17) is 17.3 Å². The predicted octanol–water partition coefficient (Wildman–Crippen LogP) is 1.77. The summed E-state index contributed by atoms with van der Waals surface area (Å²) in [5.41, 5.74) is 5.53. The van der Waals surface area contributed by atoms with E-state index in [0.29, 0.717) is 16.2 Å². The Labute approximate surface area is 85.7 Å². The van der Waals surface area contributed by atoms with Gasteiger partial charge in [0.2, 0.25) is 0 Å². The molecule has 3 nitrogen and oxygen atoms in total. The van der Waals surface area contributed by atoms with Gasteiger partial charge in [-0.1, -0.05) is 17.7 Å². The summed E-state index contributed by atoms with van der Waals surface area (Å²) in [6.45, 7) is 0. The summed E-state index contributed by atoms with van der Waals surface area (Å²) in [5.74, 6) is 0.449. The van der Waals surface area contributed by atoms with Crippen molar-refractivity contribution in [3.8, 4) is 0 Å². The van der Waals surface area contributed by atoms with Crippen LogP contribution in [-0.4, -0.2) is 4.57 Å². The van der Waals surface area contributed by atoms with Crippen molar-refractivity contribution in [2.45, 2.75) is 0 Å². The predicted molar refractivity (Wildman–Crippen MR) is 58.6 cm³/mol. The Hall–Kier alpha value is -1.48. The molecule has 0 saturated heterocycles. The third-order valence-electron chi connectivity index (χ3n) is 2.24. The molecular weight excluding hydrogens is 200 g/mol. The molecule has 2 aromatic rings. The van der Waals surface area contributed by atoms with Crippen LogP contribution in [0.2, 0.25) is 5.02 Å². The first-order chi connectivity index (χ1) is 6.59. The molecule has 0 radical (unpaired) electrons. The molecule has 1 aromatic heterocycles. The van der Waals surface area contributed by atoms with Crippen molar-refractivity contribution < 1.29 is 0 Å². The third kappa shape index (κ3) is 1.26. The molecule has 2 rings (SSSR count). The quantitative estimate of drug-likeness (QED) is 0.718. The van der Waals surface area contributed by atoms with E-state index in [1.54, 1.807) is 31.3 Å². The molecule has 0 aliphatic heterocycles. The lowest BCUT2D eigenvalue weighted by molar-refractivity contribution is 0.888. The van der Waals surface area contributed by atoms with Gasteiger partial charge in [-0.15, -0.1) is 0 Å². The van der Waals surface area contributed by atoms with Gasteiger partial charge in [0.15, 0.2) is 0 Å². The highest BCUT2D eigenvalue weighted by Crippen LogP contribution is 2.17. The van der Waals surface area contributed by atoms with Gasteiger partial charge in [-0.3, -0.25) is 9.36 Å². The number of hydrogen-bond acceptors (Lipinski definition) is 2. The number of halogens is 1. The van der Waals surface area contributed by atoms with E-state index in [2.05, 4.69) is 0 Å². The van der Waals surface area contributed by atoms with Gasteiger partial charge in [-0.05, 0) is 23.6 Å². The number of nitrogen functional groups attached to an aromatic ring is 1. The Morgan fingerprint density at radius 1 is 1.36 bits per heavy atom. The van der Waals surface area contributed by atoms with Crippen molar-refractivity contribution in [3.05, 3.63) is 39.6 Å². The first kappa shape index (κ1) is 9.09. The van der Waals surface area contributed by atoms with Crippen LogP contribution in [0.15, 0.2) is 29.1 Å². The number of benzene rings is 1. The van der Waals surface area contributed by atoms with Crippen molar-refractivity contribution >= 4 is 28.2 Å². The SMILES string of the molecule is Cn1c(N)cc2ccc(Cl)cc2c1=O. The minimum Gasteiger partial charge on any atom is -0.385 e. The second kappa shape index (κ2) is 3.03. The van der Waals surface area contributed by atoms with Crippen molar-refractivity contribution in [1.82, 2.24) is 4.57 Å². The second-order valence-electron chi connectivity index (χ2n) is 3.16. The fraction of sp³-hybridized carbons (Fsp3) is 0.100. The summed E-state index contributed by atoms with van der Waals surface area (Å²) in [6, 6.07) is 6.93. The minimum absolute atomic E-state index is 0.123. The van der Waals surface area contributed by atoms with Gasteiger partial charge in [0.1, 0.15) is 5.82 Å². The molecule has 0 spiro atoms. The van der Waals surface area contributed by atoms with E-state index in [9.17, 15) is 4.79 Å². The number of fused-ring (bicyclic) bond motifs is 1. The zero-order chi connectivity index (χ0) is 10.3. The van der Waals surface area contributed by atoms with Crippen LogP contribution in [0.25, 0.3) is 10.8 Å². The van der Waals surface area contributed by atoms with Gasteiger partial charge in [0.25, 0.3) is 5.56 Å². The number of pyridine rings is 1. The van der Waals surface area contributed by atoms with Crippen molar-refractivity contribution in [2.75, 3.05) is 5.73 Å². The van der Waals surface area contributed by atoms with Gasteiger partial charge >= 0.3 is 0 Å². The molecule has 1 aromatic carbocycles. The molecule has 0 aliphatic carbocycles. The monoisotopic (exact) mass is 208 g/mol. The maximum absolute atomic E-state index is 11.7. The lowest BCUT2D eigenvalue weighted by Crippen LogP contribution is -2.19. The van der Waals surface area contributed by atoms with Crippen LogP contribution in [0.5, 0.6) is 0 Å². The fourth-order valence-corrected chi connectivity index (χ4v) is 1.57. The summed E-state index contributed by atoms with van der Waals surface area (Å²) < 4.78 is 1.40. The van der Waals surface area contributed by atoms with Crippen molar-refractivity contribution in [1.29, 1.82) is 0 Å². The molecule has 0 aliphatic rings. The van der Waals surface area contributed by atoms with E-state index >= 15 is 0 Å². The Balaban J connectivity index is 2.99. The average Bonchev–Trinajstić information content (AvgIpc) is 2.16. The summed E-state index contributed by atoms with van der Waals surface area (Å²) >= 11 is 5.80. The number of hydrogen-bond donors (Lipinski definition) is 1. The molecule has 0 amide bonds. The Bertz CT molecular complexity index is 560. The van der Waals surface area contributed by atoms with Crippen LogP contribution >= 0.6 is 11.6 Å². The maximum Gasteiger partial charge on any atom is 0.259 e. The average molecular weight is 209 g/mol. The largest absolute Gasteiger partial charge is 0.385 e. The number of anilines is 1. The molecule has 0 unspecified atom stereocenters. The van der Waals surface area contributed by atoms with Gasteiger partial charge in [0.05, 0.1) is 0 Å². The molecular formula is C10H9ClN2O. The highest BCUT2D eigenvalue weighted by Gasteiger charge is 2.03. The van der Waals surface area contributed by atoms with E-state index in [1.165, 1.54) is 4.57 Å². The second-order valence-corrected chi connectivity index (χ2v) is 3.60. The molecule has 2 N–H and O–H groups in total. The molecule has 4 heteroatoms. The van der Waals surface area contributed by atoms with Crippen molar-refractivity contribution in [2.24, 2.45) is 7.05 Å². The van der Waals surface area contributed by atoms with Crippen LogP contribution in [0.3, 0.4) is 0 Å². The lowest BCUT2D eigenvalue weighted by atomic mass is 10.2. The smallest absolute Gasteiger partial charge is 0.259 e. The maximum atomic E-state index is 11.7. The van der Waals surface area contributed by atoms with E-state index in [1.807, 2.05) is 0 Å². The summed E-state index contributed by atoms with van der Waals surface area (Å²) in [5, 5.41) is 1.96. The third-order valence-corrected chi connectivity index (χ3v) is 2.48. The van der Waals surface area contributed by atoms with Gasteiger partial charge < -0.3 is 5.73 Å². The summed E-state index contributed by atoms with van der Waals surface area (Å²) in [4.78, 5) is 11.7. The molecule has 0 atom stereocenters. The zero-order valence-electron chi connectivity index (χ0n) is 7.62. The van der Waals surface area contributed by atoms with Crippen LogP contribution in [0, 0.1) is 0 Å². The topological polar surface area (TPSA) is 48.0 Å². The van der Waals surface area contributed by atoms with E-state index in [-0.39, 0.29) is 5.56 Å². The number of nitrogens with zero attached hydrogens (tertiary/aromatic N) is 1. The van der Waals surface area contributed by atoms with E-state index in [0.717, 1.165) is 5.39 Å². The molecule has 0 saturated carbocycles. The Kier molecular flexibility index (Phi) is 1.97. The normalized spacial score (nSPS) is 10.7. The highest BCUT2D eigenvalue weighted by molar-refractivity contribution is 6.31. The van der Waals surface area contributed by atoms with Crippen LogP contribution in [0.4, 0.5) is 5.82 Å². The molecule has 72 valence electrons. The lowest BCUT2D eigenvalue weighted by Gasteiger charge is -2.05. The Morgan fingerprint density at radius 2 is 2.07 bits per heavy atom. The van der Waals surface area contributed by atoms with Gasteiger partial charge in [-0.25, -0.2) is 0 Å². The molecule has 1 heterocycles. The first-order valence-corrected chi connectivity index (χ1v) is 4.52. The molecule has 0 bridgehead atoms. The number of aromatic nitrogens is 1. The summed E-state index contributed by atoms with van der Waals surface area (Å²) in [6.07, 6.45) is 0. The van der Waals surface area contributed by atoms with E-state index < -0.39 is 0 Å². The molecule has 0 fully saturated rings. The number of rotatable bonds is 0. The summed E-state index contributed by atoms with van der Waals surface area (Å²) in [7, 11) is 1.64. The zero-order valence-corrected chi connectivity index (χ0v) is 8.38. The number of nitrogens with two attached hydrogens (primary N) is 1. The highest BCUT2D eigenvalue weighted by atomic mass is 35.5. The van der Waals surface area contributed by atoms with Crippen LogP contribution < -0.4 is 11.3 Å². The molecule has 14 heavy (non-hydrogen) atoms. The van der Waals surface area contributed by atoms with Crippen LogP contribution in [0.1, 0.15) is 0 Å². The van der Waals surface area contributed by atoms with Gasteiger partial charge in [0, 0.05) is 17.5 Å². The van der Waals surface area contributed by atoms with Gasteiger partial charge in [-0.2, -0.15) is 0 Å². The standard InChI is InChI=1S/C10H9ClN2O/c1-13-9(12)4-6-2-3-7(11)5-8(6)10(13)14/h2-5H,12H2,1H3. The fourth-order valence-electron chi connectivity index (χ4n) is 1.39. The minimum atomic E-state index is -0.123. The Morgan fingerprint density at radius 3 is 2.79 bits per heavy atom. The van der Waals surface area contributed by atoms with Crippen LogP contribution in [-0.2, 0) is 7.05 Å².